The van der Waals surface area contributed by atoms with Gasteiger partial charge in [-0.25, -0.2) is 0 Å². The van der Waals surface area contributed by atoms with Gasteiger partial charge >= 0.3 is 0 Å². The SMILES string of the molecule is CCC(C(=O)N1CCC(NC(=O)C2CCC(N)C2)CC1)c1ccccc1. The van der Waals surface area contributed by atoms with Crippen LogP contribution in [0.15, 0.2) is 30.3 Å². The minimum absolute atomic E-state index is 0.0673. The van der Waals surface area contributed by atoms with Crippen molar-refractivity contribution in [2.24, 2.45) is 11.7 Å². The first kappa shape index (κ1) is 18.9. The summed E-state index contributed by atoms with van der Waals surface area (Å²) in [6.45, 7) is 3.50. The number of carbonyl (C=O) groups excluding carboxylic acids is 2. The quantitative estimate of drug-likeness (QED) is 0.850. The van der Waals surface area contributed by atoms with Gasteiger partial charge < -0.3 is 16.0 Å². The zero-order valence-corrected chi connectivity index (χ0v) is 15.7. The third kappa shape index (κ3) is 4.44. The first-order chi connectivity index (χ1) is 12.6. The molecule has 3 N–H and O–H groups in total. The zero-order valence-electron chi connectivity index (χ0n) is 15.7. The predicted octanol–water partition coefficient (Wildman–Crippen LogP) is 2.41. The summed E-state index contributed by atoms with van der Waals surface area (Å²) in [7, 11) is 0. The fraction of sp³-hybridized carbons (Fsp3) is 0.619. The Morgan fingerprint density at radius 2 is 1.85 bits per heavy atom. The van der Waals surface area contributed by atoms with Gasteiger partial charge in [-0.05, 0) is 44.1 Å². The van der Waals surface area contributed by atoms with Crippen molar-refractivity contribution in [2.75, 3.05) is 13.1 Å². The molecular formula is C21H31N3O2. The van der Waals surface area contributed by atoms with E-state index in [-0.39, 0.29) is 35.7 Å². The molecule has 1 aliphatic heterocycles. The fourth-order valence-corrected chi connectivity index (χ4v) is 4.28. The Balaban J connectivity index is 1.50. The van der Waals surface area contributed by atoms with E-state index in [1.807, 2.05) is 35.2 Å². The Morgan fingerprint density at radius 1 is 1.15 bits per heavy atom. The summed E-state index contributed by atoms with van der Waals surface area (Å²) in [5.41, 5.74) is 7.00. The lowest BCUT2D eigenvalue weighted by Gasteiger charge is -2.35. The molecule has 1 aliphatic carbocycles. The summed E-state index contributed by atoms with van der Waals surface area (Å²) < 4.78 is 0. The van der Waals surface area contributed by atoms with Gasteiger partial charge in [0.15, 0.2) is 0 Å². The summed E-state index contributed by atoms with van der Waals surface area (Å²) in [5, 5.41) is 3.18. The van der Waals surface area contributed by atoms with Gasteiger partial charge in [0.25, 0.3) is 0 Å². The highest BCUT2D eigenvalue weighted by molar-refractivity contribution is 5.84. The van der Waals surface area contributed by atoms with Crippen LogP contribution >= 0.6 is 0 Å². The van der Waals surface area contributed by atoms with Gasteiger partial charge in [0.2, 0.25) is 11.8 Å². The first-order valence-electron chi connectivity index (χ1n) is 9.98. The van der Waals surface area contributed by atoms with Crippen molar-refractivity contribution < 1.29 is 9.59 Å². The molecule has 0 bridgehead atoms. The summed E-state index contributed by atoms with van der Waals surface area (Å²) in [5.74, 6) is 0.373. The van der Waals surface area contributed by atoms with Crippen LogP contribution in [0.1, 0.15) is 56.9 Å². The molecule has 0 aromatic heterocycles. The Kier molecular flexibility index (Phi) is 6.30. The number of piperidine rings is 1. The Hall–Kier alpha value is -1.88. The number of nitrogens with one attached hydrogen (secondary N) is 1. The molecule has 0 radical (unpaired) electrons. The molecule has 2 fully saturated rings. The van der Waals surface area contributed by atoms with Crippen molar-refractivity contribution in [2.45, 2.75) is 63.5 Å². The Labute approximate surface area is 156 Å². The Bertz CT molecular complexity index is 611. The van der Waals surface area contributed by atoms with E-state index < -0.39 is 0 Å². The third-order valence-electron chi connectivity index (χ3n) is 5.91. The molecule has 1 heterocycles. The van der Waals surface area contributed by atoms with Gasteiger partial charge in [0.05, 0.1) is 5.92 Å². The molecule has 3 atom stereocenters. The normalized spacial score (nSPS) is 25.1. The minimum atomic E-state index is -0.0673. The van der Waals surface area contributed by atoms with Crippen molar-refractivity contribution >= 4 is 11.8 Å². The molecule has 142 valence electrons. The highest BCUT2D eigenvalue weighted by Gasteiger charge is 2.32. The molecule has 2 aliphatic rings. The highest BCUT2D eigenvalue weighted by Crippen LogP contribution is 2.26. The third-order valence-corrected chi connectivity index (χ3v) is 5.91. The highest BCUT2D eigenvalue weighted by atomic mass is 16.2. The lowest BCUT2D eigenvalue weighted by atomic mass is 9.93. The number of amides is 2. The number of nitrogens with zero attached hydrogens (tertiary/aromatic N) is 1. The number of benzene rings is 1. The average Bonchev–Trinajstić information content (AvgIpc) is 3.10. The molecule has 26 heavy (non-hydrogen) atoms. The maximum Gasteiger partial charge on any atom is 0.230 e. The number of hydrogen-bond donors (Lipinski definition) is 2. The van der Waals surface area contributed by atoms with Gasteiger partial charge in [-0.1, -0.05) is 37.3 Å². The Morgan fingerprint density at radius 3 is 2.42 bits per heavy atom. The van der Waals surface area contributed by atoms with Crippen LogP contribution in [-0.2, 0) is 9.59 Å². The maximum atomic E-state index is 12.9. The van der Waals surface area contributed by atoms with E-state index in [2.05, 4.69) is 12.2 Å². The van der Waals surface area contributed by atoms with E-state index in [4.69, 9.17) is 5.73 Å². The van der Waals surface area contributed by atoms with Crippen molar-refractivity contribution in [3.05, 3.63) is 35.9 Å². The molecule has 1 saturated carbocycles. The number of likely N-dealkylation sites (tertiary alicyclic amines) is 1. The second-order valence-electron chi connectivity index (χ2n) is 7.75. The van der Waals surface area contributed by atoms with E-state index in [0.29, 0.717) is 0 Å². The predicted molar refractivity (Wildman–Crippen MR) is 103 cm³/mol. The molecule has 3 unspecified atom stereocenters. The van der Waals surface area contributed by atoms with Crippen molar-refractivity contribution in [3.8, 4) is 0 Å². The molecule has 1 aromatic carbocycles. The summed E-state index contributed by atoms with van der Waals surface area (Å²) in [6.07, 6.45) is 5.13. The lowest BCUT2D eigenvalue weighted by molar-refractivity contribution is -0.134. The van der Waals surface area contributed by atoms with Crippen LogP contribution in [0.4, 0.5) is 0 Å². The van der Waals surface area contributed by atoms with E-state index in [1.165, 1.54) is 0 Å². The lowest BCUT2D eigenvalue weighted by Crippen LogP contribution is -2.48. The largest absolute Gasteiger partial charge is 0.353 e. The average molecular weight is 357 g/mol. The zero-order chi connectivity index (χ0) is 18.5. The minimum Gasteiger partial charge on any atom is -0.353 e. The van der Waals surface area contributed by atoms with Crippen molar-refractivity contribution in [1.29, 1.82) is 0 Å². The van der Waals surface area contributed by atoms with E-state index >= 15 is 0 Å². The van der Waals surface area contributed by atoms with Crippen molar-refractivity contribution in [3.63, 3.8) is 0 Å². The first-order valence-corrected chi connectivity index (χ1v) is 9.98. The fourth-order valence-electron chi connectivity index (χ4n) is 4.28. The molecular weight excluding hydrogens is 326 g/mol. The van der Waals surface area contributed by atoms with Gasteiger partial charge in [-0.15, -0.1) is 0 Å². The van der Waals surface area contributed by atoms with Gasteiger partial charge in [-0.3, -0.25) is 9.59 Å². The van der Waals surface area contributed by atoms with Gasteiger partial charge in [0.1, 0.15) is 0 Å². The molecule has 1 saturated heterocycles. The van der Waals surface area contributed by atoms with Crippen LogP contribution in [0.25, 0.3) is 0 Å². The summed E-state index contributed by atoms with van der Waals surface area (Å²) in [4.78, 5) is 27.3. The molecule has 2 amide bonds. The number of hydrogen-bond acceptors (Lipinski definition) is 3. The molecule has 5 heteroatoms. The standard InChI is InChI=1S/C21H31N3O2/c1-2-19(15-6-4-3-5-7-15)21(26)24-12-10-18(11-13-24)23-20(25)16-8-9-17(22)14-16/h3-7,16-19H,2,8-14,22H2,1H3,(H,23,25). The molecule has 1 aromatic rings. The van der Waals surface area contributed by atoms with Gasteiger partial charge in [-0.2, -0.15) is 0 Å². The molecule has 5 nitrogen and oxygen atoms in total. The monoisotopic (exact) mass is 357 g/mol. The topological polar surface area (TPSA) is 75.4 Å². The molecule has 0 spiro atoms. The second kappa shape index (κ2) is 8.67. The van der Waals surface area contributed by atoms with Crippen LogP contribution in [0.5, 0.6) is 0 Å². The summed E-state index contributed by atoms with van der Waals surface area (Å²) in [6, 6.07) is 10.4. The second-order valence-corrected chi connectivity index (χ2v) is 7.75. The molecule has 3 rings (SSSR count). The van der Waals surface area contributed by atoms with Crippen LogP contribution in [0.2, 0.25) is 0 Å². The number of carbonyl (C=O) groups is 2. The van der Waals surface area contributed by atoms with Gasteiger partial charge in [0, 0.05) is 31.1 Å². The van der Waals surface area contributed by atoms with Crippen LogP contribution in [0, 0.1) is 5.92 Å². The van der Waals surface area contributed by atoms with E-state index in [9.17, 15) is 9.59 Å². The van der Waals surface area contributed by atoms with E-state index in [1.54, 1.807) is 0 Å². The van der Waals surface area contributed by atoms with Crippen molar-refractivity contribution in [1.82, 2.24) is 10.2 Å². The van der Waals surface area contributed by atoms with E-state index in [0.717, 1.165) is 57.2 Å². The number of rotatable bonds is 5. The van der Waals surface area contributed by atoms with Crippen LogP contribution in [0.3, 0.4) is 0 Å². The maximum absolute atomic E-state index is 12.9. The number of nitrogens with two attached hydrogens (primary N) is 1. The summed E-state index contributed by atoms with van der Waals surface area (Å²) >= 11 is 0. The van der Waals surface area contributed by atoms with Crippen LogP contribution in [-0.4, -0.2) is 41.9 Å². The smallest absolute Gasteiger partial charge is 0.230 e. The van der Waals surface area contributed by atoms with Crippen LogP contribution < -0.4 is 11.1 Å².